The summed E-state index contributed by atoms with van der Waals surface area (Å²) >= 11 is 0. The van der Waals surface area contributed by atoms with Crippen LogP contribution in [-0.2, 0) is 11.4 Å². The summed E-state index contributed by atoms with van der Waals surface area (Å²) in [7, 11) is 1.60. The summed E-state index contributed by atoms with van der Waals surface area (Å²) in [5.41, 5.74) is 1.73. The first kappa shape index (κ1) is 18.2. The van der Waals surface area contributed by atoms with Crippen LogP contribution in [0.15, 0.2) is 42.7 Å². The second-order valence-electron chi connectivity index (χ2n) is 6.58. The summed E-state index contributed by atoms with van der Waals surface area (Å²) in [4.78, 5) is 16.5. The van der Waals surface area contributed by atoms with Crippen molar-refractivity contribution < 1.29 is 14.3 Å². The zero-order valence-corrected chi connectivity index (χ0v) is 15.2. The maximum Gasteiger partial charge on any atom is 0.227 e. The van der Waals surface area contributed by atoms with Gasteiger partial charge in [0.1, 0.15) is 6.61 Å². The van der Waals surface area contributed by atoms with Crippen LogP contribution in [0, 0.1) is 5.92 Å². The molecule has 0 unspecified atom stereocenters. The molecule has 6 nitrogen and oxygen atoms in total. The van der Waals surface area contributed by atoms with Crippen molar-refractivity contribution in [3.63, 3.8) is 0 Å². The Morgan fingerprint density at radius 2 is 2.08 bits per heavy atom. The standard InChI is InChI=1S/C20H25N3O3/c1-14-11-16(7-10-22-14)20(24)23-17-3-4-18(25-2)19(12-17)26-13-15-5-8-21-9-6-15/h3-6,8-9,12,14,16,22H,7,10-11,13H2,1-2H3,(H,23,24)/t14-,16-/m0/s1. The first-order valence-electron chi connectivity index (χ1n) is 8.89. The van der Waals surface area contributed by atoms with Gasteiger partial charge in [-0.1, -0.05) is 0 Å². The van der Waals surface area contributed by atoms with E-state index in [1.54, 1.807) is 19.5 Å². The summed E-state index contributed by atoms with van der Waals surface area (Å²) in [5.74, 6) is 1.33. The van der Waals surface area contributed by atoms with Crippen molar-refractivity contribution in [2.45, 2.75) is 32.4 Å². The van der Waals surface area contributed by atoms with E-state index in [-0.39, 0.29) is 11.8 Å². The SMILES string of the molecule is COc1ccc(NC(=O)[C@H]2CCN[C@@H](C)C2)cc1OCc1ccncc1. The predicted octanol–water partition coefficient (Wildman–Crippen LogP) is 3.00. The zero-order valence-electron chi connectivity index (χ0n) is 15.2. The van der Waals surface area contributed by atoms with Gasteiger partial charge in [-0.15, -0.1) is 0 Å². The number of anilines is 1. The predicted molar refractivity (Wildman–Crippen MR) is 100 cm³/mol. The van der Waals surface area contributed by atoms with E-state index in [2.05, 4.69) is 22.5 Å². The van der Waals surface area contributed by atoms with Crippen LogP contribution in [0.5, 0.6) is 11.5 Å². The second kappa shape index (κ2) is 8.67. The average Bonchev–Trinajstić information content (AvgIpc) is 2.67. The van der Waals surface area contributed by atoms with Gasteiger partial charge in [0.05, 0.1) is 7.11 Å². The molecule has 1 aromatic carbocycles. The van der Waals surface area contributed by atoms with Crippen LogP contribution in [0.4, 0.5) is 5.69 Å². The van der Waals surface area contributed by atoms with Gasteiger partial charge >= 0.3 is 0 Å². The molecule has 0 bridgehead atoms. The lowest BCUT2D eigenvalue weighted by Crippen LogP contribution is -2.40. The molecule has 26 heavy (non-hydrogen) atoms. The summed E-state index contributed by atoms with van der Waals surface area (Å²) < 4.78 is 11.3. The molecular formula is C20H25N3O3. The van der Waals surface area contributed by atoms with Crippen LogP contribution in [-0.4, -0.2) is 30.6 Å². The van der Waals surface area contributed by atoms with E-state index in [0.29, 0.717) is 29.8 Å². The molecule has 2 heterocycles. The van der Waals surface area contributed by atoms with Gasteiger partial charge < -0.3 is 20.1 Å². The molecule has 0 aliphatic carbocycles. The number of benzene rings is 1. The number of carbonyl (C=O) groups is 1. The quantitative estimate of drug-likeness (QED) is 0.833. The van der Waals surface area contributed by atoms with Crippen molar-refractivity contribution in [3.05, 3.63) is 48.3 Å². The number of ether oxygens (including phenoxy) is 2. The molecule has 0 saturated carbocycles. The number of methoxy groups -OCH3 is 1. The van der Waals surface area contributed by atoms with Crippen LogP contribution in [0.1, 0.15) is 25.3 Å². The minimum atomic E-state index is 0.0366. The molecule has 138 valence electrons. The summed E-state index contributed by atoms with van der Waals surface area (Å²) in [5, 5.41) is 6.38. The van der Waals surface area contributed by atoms with E-state index < -0.39 is 0 Å². The monoisotopic (exact) mass is 355 g/mol. The highest BCUT2D eigenvalue weighted by molar-refractivity contribution is 5.93. The van der Waals surface area contributed by atoms with Crippen LogP contribution in [0.3, 0.4) is 0 Å². The molecule has 1 aliphatic rings. The number of nitrogens with one attached hydrogen (secondary N) is 2. The Bertz CT molecular complexity index is 736. The Kier molecular flexibility index (Phi) is 6.07. The van der Waals surface area contributed by atoms with E-state index in [1.807, 2.05) is 30.3 Å². The fourth-order valence-corrected chi connectivity index (χ4v) is 3.12. The Hall–Kier alpha value is -2.60. The van der Waals surface area contributed by atoms with Gasteiger partial charge in [0.25, 0.3) is 0 Å². The zero-order chi connectivity index (χ0) is 18.4. The highest BCUT2D eigenvalue weighted by atomic mass is 16.5. The molecular weight excluding hydrogens is 330 g/mol. The Balaban J connectivity index is 1.67. The van der Waals surface area contributed by atoms with E-state index in [1.165, 1.54) is 0 Å². The molecule has 6 heteroatoms. The number of rotatable bonds is 6. The lowest BCUT2D eigenvalue weighted by Gasteiger charge is -2.27. The highest BCUT2D eigenvalue weighted by Gasteiger charge is 2.24. The molecule has 2 aromatic rings. The molecule has 2 atom stereocenters. The van der Waals surface area contributed by atoms with Crippen molar-refractivity contribution in [3.8, 4) is 11.5 Å². The minimum Gasteiger partial charge on any atom is -0.493 e. The third-order valence-corrected chi connectivity index (χ3v) is 4.57. The Labute approximate surface area is 153 Å². The van der Waals surface area contributed by atoms with Gasteiger partial charge in [-0.3, -0.25) is 9.78 Å². The van der Waals surface area contributed by atoms with E-state index >= 15 is 0 Å². The average molecular weight is 355 g/mol. The number of hydrogen-bond acceptors (Lipinski definition) is 5. The molecule has 1 saturated heterocycles. The lowest BCUT2D eigenvalue weighted by atomic mass is 9.92. The van der Waals surface area contributed by atoms with Gasteiger partial charge in [0, 0.05) is 36.1 Å². The van der Waals surface area contributed by atoms with E-state index in [9.17, 15) is 4.79 Å². The maximum atomic E-state index is 12.5. The van der Waals surface area contributed by atoms with E-state index in [4.69, 9.17) is 9.47 Å². The van der Waals surface area contributed by atoms with Crippen LogP contribution >= 0.6 is 0 Å². The number of amides is 1. The first-order chi connectivity index (χ1) is 12.7. The maximum absolute atomic E-state index is 12.5. The molecule has 0 radical (unpaired) electrons. The number of hydrogen-bond donors (Lipinski definition) is 2. The highest BCUT2D eigenvalue weighted by Crippen LogP contribution is 2.31. The van der Waals surface area contributed by atoms with Crippen LogP contribution in [0.2, 0.25) is 0 Å². The number of aromatic nitrogens is 1. The normalized spacial score (nSPS) is 19.6. The largest absolute Gasteiger partial charge is 0.493 e. The molecule has 1 fully saturated rings. The van der Waals surface area contributed by atoms with Crippen LogP contribution in [0.25, 0.3) is 0 Å². The van der Waals surface area contributed by atoms with Crippen molar-refractivity contribution in [2.75, 3.05) is 19.0 Å². The fourth-order valence-electron chi connectivity index (χ4n) is 3.12. The second-order valence-corrected chi connectivity index (χ2v) is 6.58. The van der Waals surface area contributed by atoms with Gasteiger partial charge in [-0.25, -0.2) is 0 Å². The van der Waals surface area contributed by atoms with Crippen molar-refractivity contribution >= 4 is 11.6 Å². The Morgan fingerprint density at radius 1 is 1.27 bits per heavy atom. The number of nitrogens with zero attached hydrogens (tertiary/aromatic N) is 1. The third kappa shape index (κ3) is 4.73. The van der Waals surface area contributed by atoms with Gasteiger partial charge in [-0.2, -0.15) is 0 Å². The molecule has 3 rings (SSSR count). The van der Waals surface area contributed by atoms with Crippen molar-refractivity contribution in [2.24, 2.45) is 5.92 Å². The van der Waals surface area contributed by atoms with Crippen LogP contribution < -0.4 is 20.1 Å². The third-order valence-electron chi connectivity index (χ3n) is 4.57. The van der Waals surface area contributed by atoms with Gasteiger partial charge in [0.2, 0.25) is 5.91 Å². The molecule has 2 N–H and O–H groups in total. The summed E-state index contributed by atoms with van der Waals surface area (Å²) in [6.45, 7) is 3.39. The first-order valence-corrected chi connectivity index (χ1v) is 8.89. The van der Waals surface area contributed by atoms with Gasteiger partial charge in [-0.05, 0) is 56.1 Å². The number of piperidine rings is 1. The van der Waals surface area contributed by atoms with Crippen molar-refractivity contribution in [1.82, 2.24) is 10.3 Å². The molecule has 1 aliphatic heterocycles. The van der Waals surface area contributed by atoms with Gasteiger partial charge in [0.15, 0.2) is 11.5 Å². The molecule has 1 aromatic heterocycles. The lowest BCUT2D eigenvalue weighted by molar-refractivity contribution is -0.120. The topological polar surface area (TPSA) is 72.5 Å². The summed E-state index contributed by atoms with van der Waals surface area (Å²) in [6, 6.07) is 9.62. The Morgan fingerprint density at radius 3 is 2.81 bits per heavy atom. The summed E-state index contributed by atoms with van der Waals surface area (Å²) in [6.07, 6.45) is 5.17. The van der Waals surface area contributed by atoms with Crippen molar-refractivity contribution in [1.29, 1.82) is 0 Å². The van der Waals surface area contributed by atoms with E-state index in [0.717, 1.165) is 24.9 Å². The molecule has 1 amide bonds. The minimum absolute atomic E-state index is 0.0366. The smallest absolute Gasteiger partial charge is 0.227 e. The molecule has 0 spiro atoms. The number of carbonyl (C=O) groups excluding carboxylic acids is 1. The number of pyridine rings is 1. The fraction of sp³-hybridized carbons (Fsp3) is 0.400.